The van der Waals surface area contributed by atoms with Crippen molar-refractivity contribution in [3.05, 3.63) is 54.1 Å². The van der Waals surface area contributed by atoms with Crippen molar-refractivity contribution in [2.24, 2.45) is 11.7 Å². The fourth-order valence-electron chi connectivity index (χ4n) is 3.66. The molecule has 1 atom stereocenters. The molecule has 1 unspecified atom stereocenters. The maximum atomic E-state index is 12.8. The van der Waals surface area contributed by atoms with Crippen molar-refractivity contribution in [2.45, 2.75) is 12.8 Å². The van der Waals surface area contributed by atoms with Crippen molar-refractivity contribution in [2.75, 3.05) is 30.4 Å². The molecular formula is C22H23N5O3. The van der Waals surface area contributed by atoms with Crippen LogP contribution in [0.3, 0.4) is 0 Å². The lowest BCUT2D eigenvalue weighted by atomic mass is 9.97. The second-order valence-corrected chi connectivity index (χ2v) is 7.26. The van der Waals surface area contributed by atoms with Gasteiger partial charge >= 0.3 is 0 Å². The molecule has 8 heteroatoms. The summed E-state index contributed by atoms with van der Waals surface area (Å²) < 4.78 is 5.47. The monoisotopic (exact) mass is 405 g/mol. The number of fused-ring (bicyclic) bond motifs is 1. The summed E-state index contributed by atoms with van der Waals surface area (Å²) in [4.78, 5) is 35.4. The van der Waals surface area contributed by atoms with Crippen LogP contribution in [0.4, 0.5) is 11.5 Å². The molecule has 1 aromatic heterocycles. The minimum absolute atomic E-state index is 0.0701. The zero-order valence-electron chi connectivity index (χ0n) is 16.7. The molecule has 0 spiro atoms. The lowest BCUT2D eigenvalue weighted by Crippen LogP contribution is -2.41. The van der Waals surface area contributed by atoms with Crippen LogP contribution in [0.25, 0.3) is 11.0 Å². The number of nitrogens with two attached hydrogens (primary N) is 1. The minimum Gasteiger partial charge on any atom is -0.478 e. The summed E-state index contributed by atoms with van der Waals surface area (Å²) in [5.41, 5.74) is 7.84. The lowest BCUT2D eigenvalue weighted by molar-refractivity contribution is -0.120. The highest BCUT2D eigenvalue weighted by Crippen LogP contribution is 2.30. The Hall–Kier alpha value is -3.68. The number of nitrogens with one attached hydrogen (secondary N) is 1. The number of piperidine rings is 1. The maximum absolute atomic E-state index is 12.8. The molecule has 1 aliphatic rings. The van der Waals surface area contributed by atoms with Crippen molar-refractivity contribution in [1.29, 1.82) is 0 Å². The minimum atomic E-state index is -0.499. The van der Waals surface area contributed by atoms with E-state index in [0.717, 1.165) is 30.4 Å². The molecule has 30 heavy (non-hydrogen) atoms. The van der Waals surface area contributed by atoms with Gasteiger partial charge in [0, 0.05) is 24.3 Å². The van der Waals surface area contributed by atoms with E-state index in [0.29, 0.717) is 29.5 Å². The molecule has 1 fully saturated rings. The first-order chi connectivity index (χ1) is 14.5. The summed E-state index contributed by atoms with van der Waals surface area (Å²) in [6.07, 6.45) is 1.64. The second kappa shape index (κ2) is 8.36. The van der Waals surface area contributed by atoms with Crippen LogP contribution in [0.5, 0.6) is 5.88 Å². The van der Waals surface area contributed by atoms with Crippen LogP contribution in [-0.4, -0.2) is 42.0 Å². The van der Waals surface area contributed by atoms with E-state index in [1.54, 1.807) is 31.4 Å². The Labute approximate surface area is 174 Å². The molecule has 2 amide bonds. The van der Waals surface area contributed by atoms with Crippen LogP contribution in [0.1, 0.15) is 23.2 Å². The third-order valence-corrected chi connectivity index (χ3v) is 5.24. The van der Waals surface area contributed by atoms with Crippen LogP contribution < -0.4 is 20.7 Å². The fraction of sp³-hybridized carbons (Fsp3) is 0.273. The SMILES string of the molecule is COc1nc2ccccc2nc1N1CCCC(C(=O)Nc2ccc(C(N)=O)cc2)C1. The summed E-state index contributed by atoms with van der Waals surface area (Å²) in [7, 11) is 1.58. The van der Waals surface area contributed by atoms with E-state index >= 15 is 0 Å². The number of hydrogen-bond donors (Lipinski definition) is 2. The number of anilines is 2. The summed E-state index contributed by atoms with van der Waals surface area (Å²) >= 11 is 0. The van der Waals surface area contributed by atoms with Crippen LogP contribution in [0, 0.1) is 5.92 Å². The first kappa shape index (κ1) is 19.6. The van der Waals surface area contributed by atoms with Crippen LogP contribution in [0.15, 0.2) is 48.5 Å². The van der Waals surface area contributed by atoms with Crippen molar-refractivity contribution in [3.63, 3.8) is 0 Å². The number of ether oxygens (including phenoxy) is 1. The molecule has 0 saturated carbocycles. The predicted molar refractivity (Wildman–Crippen MR) is 115 cm³/mol. The largest absolute Gasteiger partial charge is 0.478 e. The molecule has 4 rings (SSSR count). The molecule has 1 saturated heterocycles. The van der Waals surface area contributed by atoms with Crippen molar-refractivity contribution < 1.29 is 14.3 Å². The first-order valence-electron chi connectivity index (χ1n) is 9.81. The number of nitrogens with zero attached hydrogens (tertiary/aromatic N) is 3. The van der Waals surface area contributed by atoms with Gasteiger partial charge in [-0.15, -0.1) is 0 Å². The third kappa shape index (κ3) is 4.03. The van der Waals surface area contributed by atoms with Crippen LogP contribution >= 0.6 is 0 Å². The molecule has 0 radical (unpaired) electrons. The molecule has 0 aliphatic carbocycles. The average molecular weight is 405 g/mol. The number of hydrogen-bond acceptors (Lipinski definition) is 6. The Kier molecular flexibility index (Phi) is 5.47. The molecule has 2 heterocycles. The molecule has 3 aromatic rings. The van der Waals surface area contributed by atoms with Gasteiger partial charge in [-0.1, -0.05) is 12.1 Å². The van der Waals surface area contributed by atoms with Gasteiger partial charge in [0.15, 0.2) is 5.82 Å². The van der Waals surface area contributed by atoms with Gasteiger partial charge in [0.2, 0.25) is 11.8 Å². The molecule has 154 valence electrons. The number of aromatic nitrogens is 2. The van der Waals surface area contributed by atoms with Crippen LogP contribution in [-0.2, 0) is 4.79 Å². The molecule has 8 nitrogen and oxygen atoms in total. The standard InChI is InChI=1S/C22H23N5O3/c1-30-22-20(25-17-6-2-3-7-18(17)26-22)27-12-4-5-15(13-27)21(29)24-16-10-8-14(9-11-16)19(23)28/h2-3,6-11,15H,4-5,12-13H2,1H3,(H2,23,28)(H,24,29). The van der Waals surface area contributed by atoms with Gasteiger partial charge in [-0.2, -0.15) is 0 Å². The second-order valence-electron chi connectivity index (χ2n) is 7.26. The number of primary amides is 1. The van der Waals surface area contributed by atoms with E-state index in [9.17, 15) is 9.59 Å². The van der Waals surface area contributed by atoms with Crippen molar-refractivity contribution >= 4 is 34.4 Å². The summed E-state index contributed by atoms with van der Waals surface area (Å²) in [6, 6.07) is 14.2. The van der Waals surface area contributed by atoms with E-state index in [2.05, 4.69) is 15.2 Å². The van der Waals surface area contributed by atoms with Gasteiger partial charge in [0.05, 0.1) is 24.1 Å². The van der Waals surface area contributed by atoms with E-state index in [1.165, 1.54) is 0 Å². The highest BCUT2D eigenvalue weighted by Gasteiger charge is 2.29. The lowest BCUT2D eigenvalue weighted by Gasteiger charge is -2.33. The maximum Gasteiger partial charge on any atom is 0.257 e. The normalized spacial score (nSPS) is 16.3. The number of carbonyl (C=O) groups excluding carboxylic acids is 2. The van der Waals surface area contributed by atoms with E-state index in [-0.39, 0.29) is 11.8 Å². The summed E-state index contributed by atoms with van der Waals surface area (Å²) in [5.74, 6) is 0.337. The third-order valence-electron chi connectivity index (χ3n) is 5.24. The van der Waals surface area contributed by atoms with E-state index in [1.807, 2.05) is 24.3 Å². The zero-order valence-corrected chi connectivity index (χ0v) is 16.7. The molecule has 2 aromatic carbocycles. The van der Waals surface area contributed by atoms with Crippen LogP contribution in [0.2, 0.25) is 0 Å². The Balaban J connectivity index is 1.51. The molecule has 1 aliphatic heterocycles. The number of amides is 2. The Bertz CT molecular complexity index is 1080. The van der Waals surface area contributed by atoms with Gasteiger partial charge in [-0.3, -0.25) is 9.59 Å². The summed E-state index contributed by atoms with van der Waals surface area (Å²) in [6.45, 7) is 1.30. The number of rotatable bonds is 5. The average Bonchev–Trinajstić information content (AvgIpc) is 2.78. The Morgan fingerprint density at radius 3 is 2.47 bits per heavy atom. The van der Waals surface area contributed by atoms with Gasteiger partial charge in [0.25, 0.3) is 5.88 Å². The molecule has 3 N–H and O–H groups in total. The number of methoxy groups -OCH3 is 1. The summed E-state index contributed by atoms with van der Waals surface area (Å²) in [5, 5.41) is 2.92. The number of carbonyl (C=O) groups is 2. The Morgan fingerprint density at radius 2 is 1.80 bits per heavy atom. The van der Waals surface area contributed by atoms with Crippen molar-refractivity contribution in [1.82, 2.24) is 9.97 Å². The molecular weight excluding hydrogens is 382 g/mol. The van der Waals surface area contributed by atoms with Gasteiger partial charge in [-0.25, -0.2) is 9.97 Å². The highest BCUT2D eigenvalue weighted by atomic mass is 16.5. The van der Waals surface area contributed by atoms with E-state index < -0.39 is 5.91 Å². The molecule has 0 bridgehead atoms. The number of benzene rings is 2. The van der Waals surface area contributed by atoms with Gasteiger partial charge < -0.3 is 20.7 Å². The Morgan fingerprint density at radius 1 is 1.10 bits per heavy atom. The fourth-order valence-corrected chi connectivity index (χ4v) is 3.66. The topological polar surface area (TPSA) is 110 Å². The highest BCUT2D eigenvalue weighted by molar-refractivity contribution is 5.95. The first-order valence-corrected chi connectivity index (χ1v) is 9.81. The quantitative estimate of drug-likeness (QED) is 0.675. The van der Waals surface area contributed by atoms with E-state index in [4.69, 9.17) is 15.5 Å². The number of para-hydroxylation sites is 2. The smallest absolute Gasteiger partial charge is 0.257 e. The van der Waals surface area contributed by atoms with Crippen molar-refractivity contribution in [3.8, 4) is 5.88 Å². The predicted octanol–water partition coefficient (Wildman–Crippen LogP) is 2.59. The zero-order chi connectivity index (χ0) is 21.1. The van der Waals surface area contributed by atoms with Gasteiger partial charge in [-0.05, 0) is 49.2 Å². The van der Waals surface area contributed by atoms with Gasteiger partial charge in [0.1, 0.15) is 0 Å².